The van der Waals surface area contributed by atoms with Crippen LogP contribution in [0.1, 0.15) is 33.1 Å². The molecule has 0 saturated carbocycles. The Balaban J connectivity index is 1.74. The highest BCUT2D eigenvalue weighted by molar-refractivity contribution is 5.86. The molecular weight excluding hydrogens is 286 g/mol. The normalized spacial score (nSPS) is 25.5. The second-order valence-electron chi connectivity index (χ2n) is 6.11. The lowest BCUT2D eigenvalue weighted by Crippen LogP contribution is -2.59. The SMILES string of the molecule is CC(=O)N1CCO[C@@](C)(C(=O)NCCCN2CCCC2=O)C1. The molecule has 2 fully saturated rings. The lowest BCUT2D eigenvalue weighted by molar-refractivity contribution is -0.162. The molecule has 0 unspecified atom stereocenters. The number of amides is 3. The van der Waals surface area contributed by atoms with Crippen molar-refractivity contribution in [2.45, 2.75) is 38.7 Å². The summed E-state index contributed by atoms with van der Waals surface area (Å²) >= 11 is 0. The Bertz CT molecular complexity index is 454. The minimum Gasteiger partial charge on any atom is -0.362 e. The van der Waals surface area contributed by atoms with E-state index in [0.29, 0.717) is 32.7 Å². The van der Waals surface area contributed by atoms with E-state index in [-0.39, 0.29) is 24.3 Å². The molecule has 22 heavy (non-hydrogen) atoms. The Morgan fingerprint density at radius 3 is 2.77 bits per heavy atom. The first-order valence-electron chi connectivity index (χ1n) is 7.88. The summed E-state index contributed by atoms with van der Waals surface area (Å²) < 4.78 is 5.58. The van der Waals surface area contributed by atoms with Crippen molar-refractivity contribution in [2.75, 3.05) is 39.3 Å². The number of morpholine rings is 1. The van der Waals surface area contributed by atoms with Gasteiger partial charge in [-0.2, -0.15) is 0 Å². The van der Waals surface area contributed by atoms with Crippen molar-refractivity contribution in [3.8, 4) is 0 Å². The highest BCUT2D eigenvalue weighted by Crippen LogP contribution is 2.18. The molecule has 0 aromatic heterocycles. The zero-order valence-electron chi connectivity index (χ0n) is 13.4. The predicted molar refractivity (Wildman–Crippen MR) is 80.1 cm³/mol. The largest absolute Gasteiger partial charge is 0.362 e. The van der Waals surface area contributed by atoms with Crippen LogP contribution < -0.4 is 5.32 Å². The van der Waals surface area contributed by atoms with Gasteiger partial charge in [0.2, 0.25) is 11.8 Å². The summed E-state index contributed by atoms with van der Waals surface area (Å²) in [6, 6.07) is 0. The third kappa shape index (κ3) is 3.97. The number of rotatable bonds is 5. The first-order chi connectivity index (χ1) is 10.4. The van der Waals surface area contributed by atoms with Gasteiger partial charge in [-0.15, -0.1) is 0 Å². The molecule has 0 aliphatic carbocycles. The molecule has 0 aromatic carbocycles. The number of carbonyl (C=O) groups is 3. The lowest BCUT2D eigenvalue weighted by Gasteiger charge is -2.38. The molecule has 2 heterocycles. The van der Waals surface area contributed by atoms with Crippen molar-refractivity contribution >= 4 is 17.7 Å². The summed E-state index contributed by atoms with van der Waals surface area (Å²) in [5.74, 6) is -0.0490. The van der Waals surface area contributed by atoms with E-state index in [9.17, 15) is 14.4 Å². The van der Waals surface area contributed by atoms with Crippen molar-refractivity contribution in [1.82, 2.24) is 15.1 Å². The molecule has 1 N–H and O–H groups in total. The monoisotopic (exact) mass is 311 g/mol. The average molecular weight is 311 g/mol. The van der Waals surface area contributed by atoms with E-state index in [1.165, 1.54) is 6.92 Å². The molecule has 2 rings (SSSR count). The maximum Gasteiger partial charge on any atom is 0.253 e. The summed E-state index contributed by atoms with van der Waals surface area (Å²) in [4.78, 5) is 38.7. The standard InChI is InChI=1S/C15H25N3O4/c1-12(19)18-9-10-22-15(2,11-18)14(21)16-6-4-8-17-7-3-5-13(17)20/h3-11H2,1-2H3,(H,16,21)/t15-/m1/s1. The maximum absolute atomic E-state index is 12.3. The molecule has 1 atom stereocenters. The average Bonchev–Trinajstić information content (AvgIpc) is 2.88. The molecule has 7 heteroatoms. The van der Waals surface area contributed by atoms with Crippen molar-refractivity contribution < 1.29 is 19.1 Å². The Morgan fingerprint density at radius 1 is 1.36 bits per heavy atom. The molecule has 0 radical (unpaired) electrons. The van der Waals surface area contributed by atoms with Crippen molar-refractivity contribution in [1.29, 1.82) is 0 Å². The Labute approximate surface area is 131 Å². The third-order valence-electron chi connectivity index (χ3n) is 4.26. The first-order valence-corrected chi connectivity index (χ1v) is 7.88. The molecule has 124 valence electrons. The van der Waals surface area contributed by atoms with Crippen molar-refractivity contribution in [3.05, 3.63) is 0 Å². The van der Waals surface area contributed by atoms with Gasteiger partial charge in [-0.1, -0.05) is 0 Å². The van der Waals surface area contributed by atoms with Crippen LogP contribution in [0.4, 0.5) is 0 Å². The van der Waals surface area contributed by atoms with Crippen LogP contribution in [0.25, 0.3) is 0 Å². The van der Waals surface area contributed by atoms with E-state index in [0.717, 1.165) is 19.4 Å². The van der Waals surface area contributed by atoms with Crippen LogP contribution >= 0.6 is 0 Å². The highest BCUT2D eigenvalue weighted by Gasteiger charge is 2.39. The van der Waals surface area contributed by atoms with Crippen LogP contribution in [0.15, 0.2) is 0 Å². The number of likely N-dealkylation sites (tertiary alicyclic amines) is 1. The van der Waals surface area contributed by atoms with Crippen molar-refractivity contribution in [3.63, 3.8) is 0 Å². The first kappa shape index (κ1) is 16.7. The number of nitrogens with zero attached hydrogens (tertiary/aromatic N) is 2. The van der Waals surface area contributed by atoms with Gasteiger partial charge in [0.1, 0.15) is 0 Å². The fourth-order valence-corrected chi connectivity index (χ4v) is 2.88. The van der Waals surface area contributed by atoms with E-state index >= 15 is 0 Å². The fourth-order valence-electron chi connectivity index (χ4n) is 2.88. The van der Waals surface area contributed by atoms with E-state index < -0.39 is 5.60 Å². The van der Waals surface area contributed by atoms with E-state index in [1.54, 1.807) is 11.8 Å². The summed E-state index contributed by atoms with van der Waals surface area (Å²) in [6.07, 6.45) is 2.29. The van der Waals surface area contributed by atoms with Crippen LogP contribution in [0.5, 0.6) is 0 Å². The molecule has 0 bridgehead atoms. The van der Waals surface area contributed by atoms with Gasteiger partial charge in [-0.25, -0.2) is 0 Å². The molecule has 2 saturated heterocycles. The summed E-state index contributed by atoms with van der Waals surface area (Å²) in [5.41, 5.74) is -0.993. The highest BCUT2D eigenvalue weighted by atomic mass is 16.5. The number of hydrogen-bond acceptors (Lipinski definition) is 4. The molecular formula is C15H25N3O4. The van der Waals surface area contributed by atoms with Gasteiger partial charge in [0, 0.05) is 39.5 Å². The Kier molecular flexibility index (Phi) is 5.39. The van der Waals surface area contributed by atoms with E-state index in [4.69, 9.17) is 4.74 Å². The van der Waals surface area contributed by atoms with Gasteiger partial charge >= 0.3 is 0 Å². The quantitative estimate of drug-likeness (QED) is 0.710. The second kappa shape index (κ2) is 7.09. The number of hydrogen-bond donors (Lipinski definition) is 1. The van der Waals surface area contributed by atoms with Gasteiger partial charge < -0.3 is 19.9 Å². The molecule has 7 nitrogen and oxygen atoms in total. The number of ether oxygens (including phenoxy) is 1. The van der Waals surface area contributed by atoms with Crippen LogP contribution in [-0.4, -0.2) is 72.5 Å². The van der Waals surface area contributed by atoms with Gasteiger partial charge in [0.05, 0.1) is 13.2 Å². The summed E-state index contributed by atoms with van der Waals surface area (Å²) in [7, 11) is 0. The molecule has 0 spiro atoms. The van der Waals surface area contributed by atoms with Gasteiger partial charge in [0.15, 0.2) is 5.60 Å². The van der Waals surface area contributed by atoms with E-state index in [1.807, 2.05) is 4.90 Å². The second-order valence-corrected chi connectivity index (χ2v) is 6.11. The summed E-state index contributed by atoms with van der Waals surface area (Å²) in [6.45, 7) is 6.37. The molecule has 2 aliphatic rings. The van der Waals surface area contributed by atoms with Crippen molar-refractivity contribution in [2.24, 2.45) is 0 Å². The van der Waals surface area contributed by atoms with Crippen LogP contribution in [0.2, 0.25) is 0 Å². The van der Waals surface area contributed by atoms with E-state index in [2.05, 4.69) is 5.32 Å². The fraction of sp³-hybridized carbons (Fsp3) is 0.800. The number of carbonyl (C=O) groups excluding carboxylic acids is 3. The Hall–Kier alpha value is -1.63. The van der Waals surface area contributed by atoms with Crippen LogP contribution in [0.3, 0.4) is 0 Å². The molecule has 2 aliphatic heterocycles. The van der Waals surface area contributed by atoms with Gasteiger partial charge in [-0.3, -0.25) is 14.4 Å². The maximum atomic E-state index is 12.3. The van der Waals surface area contributed by atoms with Crippen LogP contribution in [0, 0.1) is 0 Å². The smallest absolute Gasteiger partial charge is 0.253 e. The van der Waals surface area contributed by atoms with Gasteiger partial charge in [0.25, 0.3) is 5.91 Å². The minimum absolute atomic E-state index is 0.0464. The Morgan fingerprint density at radius 2 is 2.14 bits per heavy atom. The minimum atomic E-state index is -0.993. The number of nitrogens with one attached hydrogen (secondary N) is 1. The van der Waals surface area contributed by atoms with Gasteiger partial charge in [-0.05, 0) is 19.8 Å². The summed E-state index contributed by atoms with van der Waals surface area (Å²) in [5, 5.41) is 2.85. The lowest BCUT2D eigenvalue weighted by atomic mass is 10.0. The zero-order valence-corrected chi connectivity index (χ0v) is 13.4. The zero-order chi connectivity index (χ0) is 16.2. The third-order valence-corrected chi connectivity index (χ3v) is 4.26. The van der Waals surface area contributed by atoms with Crippen LogP contribution in [-0.2, 0) is 19.1 Å². The molecule has 3 amide bonds. The molecule has 0 aromatic rings. The topological polar surface area (TPSA) is 79.0 Å². The predicted octanol–water partition coefficient (Wildman–Crippen LogP) is -0.247.